The highest BCUT2D eigenvalue weighted by atomic mass is 35.5. The van der Waals surface area contributed by atoms with Gasteiger partial charge in [0.05, 0.1) is 5.02 Å². The van der Waals surface area contributed by atoms with Crippen LogP contribution in [0.5, 0.6) is 0 Å². The Labute approximate surface area is 125 Å². The van der Waals surface area contributed by atoms with Gasteiger partial charge in [-0.05, 0) is 19.4 Å². The number of anilines is 1. The molecule has 1 atom stereocenters. The van der Waals surface area contributed by atoms with Gasteiger partial charge in [0, 0.05) is 12.3 Å². The van der Waals surface area contributed by atoms with Crippen molar-refractivity contribution in [2.45, 2.75) is 26.4 Å². The van der Waals surface area contributed by atoms with Crippen LogP contribution in [0, 0.1) is 6.92 Å². The van der Waals surface area contributed by atoms with E-state index in [1.165, 1.54) is 12.3 Å². The van der Waals surface area contributed by atoms with Gasteiger partial charge in [-0.25, -0.2) is 4.79 Å². The fraction of sp³-hybridized carbons (Fsp3) is 0.308. The molecule has 2 aromatic rings. The van der Waals surface area contributed by atoms with E-state index in [1.54, 1.807) is 19.9 Å². The molecule has 2 rings (SSSR count). The minimum atomic E-state index is -0.934. The number of ether oxygens (including phenoxy) is 1. The molecule has 2 N–H and O–H groups in total. The quantitative estimate of drug-likeness (QED) is 0.827. The molecule has 0 saturated carbocycles. The number of hydrogen-bond donors (Lipinski definition) is 2. The number of carbonyl (C=O) groups is 2. The average molecular weight is 312 g/mol. The molecule has 0 aromatic carbocycles. The Morgan fingerprint density at radius 1 is 1.52 bits per heavy atom. The molecule has 0 aliphatic rings. The van der Waals surface area contributed by atoms with Gasteiger partial charge in [-0.3, -0.25) is 4.79 Å². The van der Waals surface area contributed by atoms with E-state index in [4.69, 9.17) is 20.9 Å². The summed E-state index contributed by atoms with van der Waals surface area (Å²) < 4.78 is 9.98. The van der Waals surface area contributed by atoms with E-state index >= 15 is 0 Å². The van der Waals surface area contributed by atoms with Crippen molar-refractivity contribution in [3.8, 4) is 0 Å². The molecule has 0 radical (unpaired) electrons. The van der Waals surface area contributed by atoms with Gasteiger partial charge in [-0.15, -0.1) is 0 Å². The van der Waals surface area contributed by atoms with Gasteiger partial charge in [-0.1, -0.05) is 23.7 Å². The van der Waals surface area contributed by atoms with Gasteiger partial charge in [0.25, 0.3) is 5.91 Å². The average Bonchev–Trinajstić information content (AvgIpc) is 3.04. The largest absolute Gasteiger partial charge is 0.448 e. The third-order valence-electron chi connectivity index (χ3n) is 2.66. The summed E-state index contributed by atoms with van der Waals surface area (Å²) in [6.45, 7) is 3.43. The van der Waals surface area contributed by atoms with Gasteiger partial charge in [0.1, 0.15) is 11.5 Å². The maximum absolute atomic E-state index is 12.0. The molecule has 2 heterocycles. The van der Waals surface area contributed by atoms with Gasteiger partial charge < -0.3 is 19.6 Å². The van der Waals surface area contributed by atoms with Crippen molar-refractivity contribution in [2.24, 2.45) is 0 Å². The zero-order valence-corrected chi connectivity index (χ0v) is 12.2. The number of aromatic amines is 1. The fourth-order valence-corrected chi connectivity index (χ4v) is 1.80. The second-order valence-electron chi connectivity index (χ2n) is 4.35. The third-order valence-corrected chi connectivity index (χ3v) is 2.88. The molecule has 0 aliphatic carbocycles. The number of aryl methyl sites for hydroxylation is 1. The normalized spacial score (nSPS) is 12.0. The van der Waals surface area contributed by atoms with E-state index in [0.717, 1.165) is 0 Å². The minimum absolute atomic E-state index is 0.184. The van der Waals surface area contributed by atoms with Gasteiger partial charge in [0.2, 0.25) is 0 Å². The van der Waals surface area contributed by atoms with Crippen LogP contribution in [0.2, 0.25) is 5.02 Å². The summed E-state index contributed by atoms with van der Waals surface area (Å²) in [6.07, 6.45) is 0.844. The molecule has 0 fully saturated rings. The Balaban J connectivity index is 1.98. The molecule has 0 spiro atoms. The molecular weight excluding hydrogens is 298 g/mol. The Hall–Kier alpha value is -2.28. The number of hydrogen-bond acceptors (Lipinski definition) is 5. The Morgan fingerprint density at radius 3 is 2.81 bits per heavy atom. The van der Waals surface area contributed by atoms with Crippen LogP contribution in [0.15, 0.2) is 22.9 Å². The van der Waals surface area contributed by atoms with Crippen LogP contribution in [0.25, 0.3) is 0 Å². The Morgan fingerprint density at radius 2 is 2.29 bits per heavy atom. The van der Waals surface area contributed by atoms with Crippen molar-refractivity contribution in [3.63, 3.8) is 0 Å². The summed E-state index contributed by atoms with van der Waals surface area (Å²) in [7, 11) is 0. The summed E-state index contributed by atoms with van der Waals surface area (Å²) in [5.74, 6) is -0.289. The van der Waals surface area contributed by atoms with Crippen molar-refractivity contribution in [1.82, 2.24) is 10.1 Å². The van der Waals surface area contributed by atoms with Crippen molar-refractivity contribution >= 4 is 29.3 Å². The number of H-pyrrole nitrogens is 1. The molecule has 1 unspecified atom stereocenters. The predicted molar refractivity (Wildman–Crippen MR) is 75.2 cm³/mol. The molecule has 0 bridgehead atoms. The molecule has 2 aromatic heterocycles. The zero-order chi connectivity index (χ0) is 15.4. The van der Waals surface area contributed by atoms with Crippen LogP contribution in [-0.2, 0) is 9.53 Å². The summed E-state index contributed by atoms with van der Waals surface area (Å²) in [5, 5.41) is 6.55. The molecule has 21 heavy (non-hydrogen) atoms. The first kappa shape index (κ1) is 15.1. The standard InChI is InChI=1S/C13H14ClN3O4/c1-3-10(12(18)16-11-4-7(2)21-17-11)20-13(19)9-5-8(14)6-15-9/h4-6,10,15H,3H2,1-2H3,(H,16,17,18). The first-order chi connectivity index (χ1) is 9.99. The van der Waals surface area contributed by atoms with Crippen molar-refractivity contribution in [2.75, 3.05) is 5.32 Å². The number of rotatable bonds is 5. The van der Waals surface area contributed by atoms with E-state index in [0.29, 0.717) is 17.2 Å². The molecule has 112 valence electrons. The number of nitrogens with one attached hydrogen (secondary N) is 2. The van der Waals surface area contributed by atoms with Crippen LogP contribution in [-0.4, -0.2) is 28.1 Å². The number of esters is 1. The van der Waals surface area contributed by atoms with E-state index in [9.17, 15) is 9.59 Å². The first-order valence-corrected chi connectivity index (χ1v) is 6.66. The molecule has 0 saturated heterocycles. The lowest BCUT2D eigenvalue weighted by Crippen LogP contribution is -2.32. The lowest BCUT2D eigenvalue weighted by atomic mass is 10.2. The van der Waals surface area contributed by atoms with Gasteiger partial charge >= 0.3 is 5.97 Å². The van der Waals surface area contributed by atoms with E-state index in [1.807, 2.05) is 0 Å². The Bertz CT molecular complexity index is 649. The summed E-state index contributed by atoms with van der Waals surface area (Å²) >= 11 is 5.71. The number of nitrogens with zero attached hydrogens (tertiary/aromatic N) is 1. The van der Waals surface area contributed by atoms with Crippen LogP contribution in [0.3, 0.4) is 0 Å². The second-order valence-corrected chi connectivity index (χ2v) is 4.78. The monoisotopic (exact) mass is 311 g/mol. The van der Waals surface area contributed by atoms with Crippen molar-refractivity contribution < 1.29 is 18.8 Å². The lowest BCUT2D eigenvalue weighted by Gasteiger charge is -2.14. The Kier molecular flexibility index (Phi) is 4.64. The number of aromatic nitrogens is 2. The first-order valence-electron chi connectivity index (χ1n) is 6.28. The zero-order valence-electron chi connectivity index (χ0n) is 11.5. The van der Waals surface area contributed by atoms with Crippen molar-refractivity contribution in [1.29, 1.82) is 0 Å². The van der Waals surface area contributed by atoms with Crippen LogP contribution in [0.1, 0.15) is 29.6 Å². The molecule has 1 amide bonds. The summed E-state index contributed by atoms with van der Waals surface area (Å²) in [4.78, 5) is 26.5. The van der Waals surface area contributed by atoms with Gasteiger partial charge in [0.15, 0.2) is 11.9 Å². The second kappa shape index (κ2) is 6.45. The van der Waals surface area contributed by atoms with Crippen LogP contribution in [0.4, 0.5) is 5.82 Å². The van der Waals surface area contributed by atoms with Crippen LogP contribution < -0.4 is 5.32 Å². The lowest BCUT2D eigenvalue weighted by molar-refractivity contribution is -0.124. The predicted octanol–water partition coefficient (Wildman–Crippen LogP) is 2.54. The number of amides is 1. The highest BCUT2D eigenvalue weighted by Gasteiger charge is 2.23. The fourth-order valence-electron chi connectivity index (χ4n) is 1.63. The highest BCUT2D eigenvalue weighted by molar-refractivity contribution is 6.30. The summed E-state index contributed by atoms with van der Waals surface area (Å²) in [6, 6.07) is 2.99. The number of halogens is 1. The highest BCUT2D eigenvalue weighted by Crippen LogP contribution is 2.13. The minimum Gasteiger partial charge on any atom is -0.448 e. The van der Waals surface area contributed by atoms with E-state index in [2.05, 4.69) is 15.5 Å². The topological polar surface area (TPSA) is 97.2 Å². The van der Waals surface area contributed by atoms with E-state index < -0.39 is 18.0 Å². The summed E-state index contributed by atoms with van der Waals surface area (Å²) in [5.41, 5.74) is 0.184. The smallest absolute Gasteiger partial charge is 0.355 e. The van der Waals surface area contributed by atoms with Crippen LogP contribution >= 0.6 is 11.6 Å². The maximum atomic E-state index is 12.0. The molecule has 8 heteroatoms. The maximum Gasteiger partial charge on any atom is 0.355 e. The molecule has 7 nitrogen and oxygen atoms in total. The van der Waals surface area contributed by atoms with Crippen molar-refractivity contribution in [3.05, 3.63) is 34.8 Å². The van der Waals surface area contributed by atoms with E-state index in [-0.39, 0.29) is 11.5 Å². The number of carbonyl (C=O) groups excluding carboxylic acids is 2. The molecular formula is C13H14ClN3O4. The molecule has 0 aliphatic heterocycles. The SMILES string of the molecule is CCC(OC(=O)c1cc(Cl)c[nH]1)C(=O)Nc1cc(C)on1. The third kappa shape index (κ3) is 3.85. The van der Waals surface area contributed by atoms with Gasteiger partial charge in [-0.2, -0.15) is 0 Å².